The molecule has 2 amide bonds. The molecule has 0 aromatic heterocycles. The van der Waals surface area contributed by atoms with Crippen molar-refractivity contribution in [1.82, 2.24) is 10.2 Å². The van der Waals surface area contributed by atoms with Crippen LogP contribution >= 0.6 is 0 Å². The number of likely N-dealkylation sites (N-methyl/N-ethyl adjacent to an activating group) is 1. The van der Waals surface area contributed by atoms with Crippen LogP contribution in [-0.4, -0.2) is 50.1 Å². The number of ether oxygens (including phenoxy) is 2. The summed E-state index contributed by atoms with van der Waals surface area (Å²) in [6.45, 7) is 8.81. The summed E-state index contributed by atoms with van der Waals surface area (Å²) in [5.41, 5.74) is 1.42. The molecule has 0 saturated carbocycles. The quantitative estimate of drug-likeness (QED) is 0.501. The van der Waals surface area contributed by atoms with Crippen molar-refractivity contribution in [1.29, 1.82) is 0 Å². The lowest BCUT2D eigenvalue weighted by molar-refractivity contribution is -0.123. The van der Waals surface area contributed by atoms with E-state index in [9.17, 15) is 14.0 Å². The van der Waals surface area contributed by atoms with Gasteiger partial charge in [-0.2, -0.15) is 0 Å². The molecule has 180 valence electrons. The van der Waals surface area contributed by atoms with Crippen molar-refractivity contribution >= 4 is 17.5 Å². The number of amides is 2. The Hall–Kier alpha value is -3.13. The topological polar surface area (TPSA) is 79.9 Å². The Kier molecular flexibility index (Phi) is 10.1. The van der Waals surface area contributed by atoms with E-state index in [-0.39, 0.29) is 42.7 Å². The van der Waals surface area contributed by atoms with Crippen molar-refractivity contribution in [2.75, 3.05) is 38.7 Å². The fraction of sp³-hybridized carbons (Fsp3) is 0.440. The SMILES string of the molecule is CCOc1ccc(NC(=O)CN(C)CC(=O)NC(c2ccc(F)cc2)C(C)C)cc1OCC. The number of carbonyl (C=O) groups is 2. The highest BCUT2D eigenvalue weighted by atomic mass is 19.1. The van der Waals surface area contributed by atoms with Gasteiger partial charge in [-0.05, 0) is 56.6 Å². The van der Waals surface area contributed by atoms with Crippen LogP contribution in [0.15, 0.2) is 42.5 Å². The zero-order valence-corrected chi connectivity index (χ0v) is 20.0. The summed E-state index contributed by atoms with van der Waals surface area (Å²) in [4.78, 5) is 26.7. The van der Waals surface area contributed by atoms with Gasteiger partial charge in [0.15, 0.2) is 11.5 Å². The van der Waals surface area contributed by atoms with Crippen molar-refractivity contribution in [3.63, 3.8) is 0 Å². The van der Waals surface area contributed by atoms with Gasteiger partial charge in [0, 0.05) is 11.8 Å². The molecule has 0 aliphatic carbocycles. The van der Waals surface area contributed by atoms with Gasteiger partial charge in [-0.25, -0.2) is 4.39 Å². The molecular formula is C25H34FN3O4. The molecule has 0 aliphatic heterocycles. The zero-order chi connectivity index (χ0) is 24.4. The van der Waals surface area contributed by atoms with Crippen molar-refractivity contribution in [2.45, 2.75) is 33.7 Å². The molecule has 0 radical (unpaired) electrons. The fourth-order valence-electron chi connectivity index (χ4n) is 3.40. The second-order valence-electron chi connectivity index (χ2n) is 8.09. The predicted molar refractivity (Wildman–Crippen MR) is 127 cm³/mol. The van der Waals surface area contributed by atoms with E-state index < -0.39 is 0 Å². The van der Waals surface area contributed by atoms with E-state index >= 15 is 0 Å². The van der Waals surface area contributed by atoms with E-state index in [1.807, 2.05) is 27.7 Å². The van der Waals surface area contributed by atoms with Crippen molar-refractivity contribution in [3.05, 3.63) is 53.8 Å². The number of hydrogen-bond acceptors (Lipinski definition) is 5. The number of rotatable bonds is 12. The Morgan fingerprint density at radius 2 is 1.55 bits per heavy atom. The predicted octanol–water partition coefficient (Wildman–Crippen LogP) is 4.01. The molecule has 1 atom stereocenters. The van der Waals surface area contributed by atoms with Gasteiger partial charge in [0.05, 0.1) is 32.3 Å². The van der Waals surface area contributed by atoms with Crippen LogP contribution in [-0.2, 0) is 9.59 Å². The van der Waals surface area contributed by atoms with E-state index in [1.54, 1.807) is 42.3 Å². The first-order valence-electron chi connectivity index (χ1n) is 11.2. The first kappa shape index (κ1) is 26.1. The lowest BCUT2D eigenvalue weighted by Crippen LogP contribution is -2.41. The lowest BCUT2D eigenvalue weighted by Gasteiger charge is -2.24. The molecule has 2 rings (SSSR count). The first-order chi connectivity index (χ1) is 15.7. The Morgan fingerprint density at radius 1 is 0.939 bits per heavy atom. The zero-order valence-electron chi connectivity index (χ0n) is 20.0. The Bertz CT molecular complexity index is 918. The standard InChI is InChI=1S/C25H34FN3O4/c1-6-32-21-13-12-20(14-22(21)33-7-2)27-23(30)15-29(5)16-24(31)28-25(17(3)4)18-8-10-19(26)11-9-18/h8-14,17,25H,6-7,15-16H2,1-5H3,(H,27,30)(H,28,31). The molecular weight excluding hydrogens is 425 g/mol. The van der Waals surface area contributed by atoms with Crippen LogP contribution in [0.25, 0.3) is 0 Å². The monoisotopic (exact) mass is 459 g/mol. The lowest BCUT2D eigenvalue weighted by atomic mass is 9.96. The smallest absolute Gasteiger partial charge is 0.238 e. The minimum absolute atomic E-state index is 0.0352. The van der Waals surface area contributed by atoms with Crippen LogP contribution in [0.4, 0.5) is 10.1 Å². The summed E-state index contributed by atoms with van der Waals surface area (Å²) in [5.74, 6) is 0.507. The van der Waals surface area contributed by atoms with Crippen molar-refractivity contribution in [3.8, 4) is 11.5 Å². The number of anilines is 1. The maximum atomic E-state index is 13.2. The number of nitrogens with one attached hydrogen (secondary N) is 2. The maximum Gasteiger partial charge on any atom is 0.238 e. The molecule has 0 fully saturated rings. The van der Waals surface area contributed by atoms with Crippen LogP contribution in [0.2, 0.25) is 0 Å². The van der Waals surface area contributed by atoms with Crippen molar-refractivity contribution in [2.24, 2.45) is 5.92 Å². The van der Waals surface area contributed by atoms with Gasteiger partial charge < -0.3 is 20.1 Å². The molecule has 0 heterocycles. The Morgan fingerprint density at radius 3 is 2.15 bits per heavy atom. The fourth-order valence-corrected chi connectivity index (χ4v) is 3.40. The van der Waals surface area contributed by atoms with E-state index in [0.717, 1.165) is 5.56 Å². The number of carbonyl (C=O) groups excluding carboxylic acids is 2. The van der Waals surface area contributed by atoms with E-state index in [4.69, 9.17) is 9.47 Å². The molecule has 2 aromatic rings. The number of nitrogens with zero attached hydrogens (tertiary/aromatic N) is 1. The number of benzene rings is 2. The third-order valence-corrected chi connectivity index (χ3v) is 4.87. The molecule has 1 unspecified atom stereocenters. The molecule has 2 aromatic carbocycles. The summed E-state index contributed by atoms with van der Waals surface area (Å²) < 4.78 is 24.4. The van der Waals surface area contributed by atoms with Gasteiger partial charge in [-0.15, -0.1) is 0 Å². The Balaban J connectivity index is 1.91. The van der Waals surface area contributed by atoms with Gasteiger partial charge in [0.2, 0.25) is 11.8 Å². The minimum Gasteiger partial charge on any atom is -0.490 e. The van der Waals surface area contributed by atoms with Gasteiger partial charge in [0.1, 0.15) is 5.82 Å². The van der Waals surface area contributed by atoms with Crippen LogP contribution in [0.5, 0.6) is 11.5 Å². The third kappa shape index (κ3) is 8.38. The molecule has 33 heavy (non-hydrogen) atoms. The number of halogens is 1. The van der Waals surface area contributed by atoms with Crippen LogP contribution in [0, 0.1) is 11.7 Å². The largest absolute Gasteiger partial charge is 0.490 e. The molecule has 7 nitrogen and oxygen atoms in total. The molecule has 0 saturated heterocycles. The van der Waals surface area contributed by atoms with Crippen LogP contribution in [0.1, 0.15) is 39.3 Å². The average Bonchev–Trinajstić information content (AvgIpc) is 2.74. The van der Waals surface area contributed by atoms with Gasteiger partial charge >= 0.3 is 0 Å². The normalized spacial score (nSPS) is 11.9. The molecule has 0 aliphatic rings. The summed E-state index contributed by atoms with van der Waals surface area (Å²) in [6.07, 6.45) is 0. The maximum absolute atomic E-state index is 13.2. The molecule has 8 heteroatoms. The second kappa shape index (κ2) is 12.8. The molecule has 0 spiro atoms. The van der Waals surface area contributed by atoms with E-state index in [2.05, 4.69) is 10.6 Å². The van der Waals surface area contributed by atoms with Gasteiger partial charge in [0.25, 0.3) is 0 Å². The summed E-state index contributed by atoms with van der Waals surface area (Å²) in [6, 6.07) is 11.1. The highest BCUT2D eigenvalue weighted by Gasteiger charge is 2.20. The van der Waals surface area contributed by atoms with Gasteiger partial charge in [-0.1, -0.05) is 26.0 Å². The van der Waals surface area contributed by atoms with Crippen molar-refractivity contribution < 1.29 is 23.5 Å². The van der Waals surface area contributed by atoms with E-state index in [0.29, 0.717) is 30.4 Å². The summed E-state index contributed by atoms with van der Waals surface area (Å²) in [7, 11) is 1.70. The van der Waals surface area contributed by atoms with Gasteiger partial charge in [-0.3, -0.25) is 14.5 Å². The molecule has 0 bridgehead atoms. The molecule has 2 N–H and O–H groups in total. The van der Waals surface area contributed by atoms with Crippen LogP contribution in [0.3, 0.4) is 0 Å². The number of hydrogen-bond donors (Lipinski definition) is 2. The van der Waals surface area contributed by atoms with Crippen LogP contribution < -0.4 is 20.1 Å². The minimum atomic E-state index is -0.320. The second-order valence-corrected chi connectivity index (χ2v) is 8.09. The average molecular weight is 460 g/mol. The highest BCUT2D eigenvalue weighted by molar-refractivity contribution is 5.93. The first-order valence-corrected chi connectivity index (χ1v) is 11.2. The van der Waals surface area contributed by atoms with E-state index in [1.165, 1.54) is 12.1 Å². The Labute approximate surface area is 195 Å². The summed E-state index contributed by atoms with van der Waals surface area (Å²) in [5, 5.41) is 5.80. The summed E-state index contributed by atoms with van der Waals surface area (Å²) >= 11 is 0. The highest BCUT2D eigenvalue weighted by Crippen LogP contribution is 2.30. The third-order valence-electron chi connectivity index (χ3n) is 4.87.